The van der Waals surface area contributed by atoms with Crippen molar-refractivity contribution in [2.75, 3.05) is 55.6 Å². The smallest absolute Gasteiger partial charge is 0.262 e. The Hall–Kier alpha value is -5.68. The monoisotopic (exact) mass is 710 g/mol. The molecule has 14 nitrogen and oxygen atoms in total. The molecule has 1 N–H and O–H groups in total. The Kier molecular flexibility index (Phi) is 7.04. The van der Waals surface area contributed by atoms with E-state index in [4.69, 9.17) is 0 Å². The SMILES string of the molecule is N#CC1(c2ccc3cnn(-c4cc(N5CCN(CC6CN(c7ccc8c(c7)C(=O)N(C7CCC(=O)NC7=O)C8=O)C6)CC5)ncn4)c3c2)CC2(CC2)C1. The number of anilines is 2. The minimum absolute atomic E-state index is 0.0949. The van der Waals surface area contributed by atoms with Gasteiger partial charge in [-0.25, -0.2) is 14.6 Å². The topological polar surface area (TPSA) is 161 Å². The van der Waals surface area contributed by atoms with Crippen LogP contribution in [0.3, 0.4) is 0 Å². The summed E-state index contributed by atoms with van der Waals surface area (Å²) < 4.78 is 1.86. The number of benzene rings is 2. The van der Waals surface area contributed by atoms with Gasteiger partial charge in [0.25, 0.3) is 11.8 Å². The van der Waals surface area contributed by atoms with Gasteiger partial charge in [0.15, 0.2) is 5.82 Å². The number of hydrogen-bond donors (Lipinski definition) is 1. The Labute approximate surface area is 305 Å². The van der Waals surface area contributed by atoms with Crippen LogP contribution >= 0.6 is 0 Å². The molecule has 2 aromatic heterocycles. The van der Waals surface area contributed by atoms with Crippen LogP contribution in [0.1, 0.15) is 64.8 Å². The van der Waals surface area contributed by atoms with Gasteiger partial charge < -0.3 is 9.80 Å². The predicted octanol–water partition coefficient (Wildman–Crippen LogP) is 2.81. The molecule has 6 aliphatic rings. The summed E-state index contributed by atoms with van der Waals surface area (Å²) >= 11 is 0. The number of carbonyl (C=O) groups excluding carboxylic acids is 4. The lowest BCUT2D eigenvalue weighted by molar-refractivity contribution is -0.136. The minimum Gasteiger partial charge on any atom is -0.371 e. The summed E-state index contributed by atoms with van der Waals surface area (Å²) in [5.41, 5.74) is 3.52. The van der Waals surface area contributed by atoms with Crippen molar-refractivity contribution < 1.29 is 19.2 Å². The van der Waals surface area contributed by atoms with E-state index in [9.17, 15) is 24.4 Å². The van der Waals surface area contributed by atoms with Crippen molar-refractivity contribution in [3.63, 3.8) is 0 Å². The van der Waals surface area contributed by atoms with Crippen molar-refractivity contribution in [1.82, 2.24) is 34.9 Å². The molecule has 268 valence electrons. The first kappa shape index (κ1) is 32.0. The van der Waals surface area contributed by atoms with Gasteiger partial charge in [-0.2, -0.15) is 10.4 Å². The number of carbonyl (C=O) groups is 4. The van der Waals surface area contributed by atoms with E-state index in [1.54, 1.807) is 18.5 Å². The second kappa shape index (κ2) is 11.7. The number of imide groups is 2. The van der Waals surface area contributed by atoms with Crippen molar-refractivity contribution in [3.05, 3.63) is 71.7 Å². The first-order chi connectivity index (χ1) is 25.7. The molecule has 4 amide bonds. The fraction of sp³-hybridized carbons (Fsp3) is 0.436. The second-order valence-electron chi connectivity index (χ2n) is 15.8. The summed E-state index contributed by atoms with van der Waals surface area (Å²) in [7, 11) is 0. The van der Waals surface area contributed by atoms with Crippen LogP contribution in [-0.2, 0) is 15.0 Å². The number of rotatable bonds is 7. The standard InChI is InChI=1S/C39H38N10O4/c40-22-39(20-38(21-39)7-8-38)26-2-1-25-16-43-49(31(25)13-26)33-15-32(41-23-42-33)46-11-9-45(10-12-46)17-24-18-47(19-24)27-3-4-28-29(14-27)37(53)48(36(28)52)30-5-6-34(50)44-35(30)51/h1-4,13-16,23-24,30H,5-12,17-21H2,(H,44,50,51). The summed E-state index contributed by atoms with van der Waals surface area (Å²) in [5.74, 6) is 0.0875. The van der Waals surface area contributed by atoms with Crippen LogP contribution < -0.4 is 15.1 Å². The van der Waals surface area contributed by atoms with Gasteiger partial charge in [-0.05, 0) is 67.3 Å². The van der Waals surface area contributed by atoms with Crippen LogP contribution in [-0.4, -0.2) is 105 Å². The molecule has 10 rings (SSSR count). The molecule has 4 aliphatic heterocycles. The van der Waals surface area contributed by atoms with Crippen LogP contribution in [0, 0.1) is 22.7 Å². The zero-order valence-electron chi connectivity index (χ0n) is 29.2. The van der Waals surface area contributed by atoms with E-state index < -0.39 is 29.2 Å². The molecule has 0 bridgehead atoms. The lowest BCUT2D eigenvalue weighted by Gasteiger charge is -2.45. The van der Waals surface area contributed by atoms with Crippen LogP contribution in [0.2, 0.25) is 0 Å². The lowest BCUT2D eigenvalue weighted by atomic mass is 9.57. The van der Waals surface area contributed by atoms with Crippen LogP contribution in [0.4, 0.5) is 11.5 Å². The fourth-order valence-electron chi connectivity index (χ4n) is 9.31. The Balaban J connectivity index is 0.752. The molecule has 2 aliphatic carbocycles. The Bertz CT molecular complexity index is 2270. The van der Waals surface area contributed by atoms with Gasteiger partial charge in [0.05, 0.1) is 34.3 Å². The zero-order valence-corrected chi connectivity index (χ0v) is 29.2. The average Bonchev–Trinajstić information content (AvgIpc) is 3.76. The molecular weight excluding hydrogens is 672 g/mol. The number of fused-ring (bicyclic) bond motifs is 2. The molecule has 2 saturated carbocycles. The van der Waals surface area contributed by atoms with Gasteiger partial charge in [0.1, 0.15) is 18.2 Å². The van der Waals surface area contributed by atoms with Gasteiger partial charge in [-0.15, -0.1) is 0 Å². The Morgan fingerprint density at radius 1 is 0.868 bits per heavy atom. The van der Waals surface area contributed by atoms with Crippen LogP contribution in [0.15, 0.2) is 55.0 Å². The molecule has 3 saturated heterocycles. The van der Waals surface area contributed by atoms with Crippen molar-refractivity contribution in [1.29, 1.82) is 5.26 Å². The van der Waals surface area contributed by atoms with Crippen molar-refractivity contribution >= 4 is 46.0 Å². The first-order valence-electron chi connectivity index (χ1n) is 18.5. The molecule has 1 atom stereocenters. The normalized spacial score (nSPS) is 23.5. The number of hydrogen-bond acceptors (Lipinski definition) is 11. The number of piperidine rings is 1. The van der Waals surface area contributed by atoms with Crippen molar-refractivity contribution in [3.8, 4) is 11.9 Å². The maximum Gasteiger partial charge on any atom is 0.262 e. The maximum absolute atomic E-state index is 13.3. The molecule has 6 heterocycles. The largest absolute Gasteiger partial charge is 0.371 e. The quantitative estimate of drug-likeness (QED) is 0.281. The number of nitrogens with zero attached hydrogens (tertiary/aromatic N) is 9. The highest BCUT2D eigenvalue weighted by atomic mass is 16.2. The number of nitrogens with one attached hydrogen (secondary N) is 1. The number of nitriles is 1. The second-order valence-corrected chi connectivity index (χ2v) is 15.8. The molecule has 53 heavy (non-hydrogen) atoms. The summed E-state index contributed by atoms with van der Waals surface area (Å²) in [5, 5.41) is 18.1. The van der Waals surface area contributed by atoms with Crippen LogP contribution in [0.25, 0.3) is 16.7 Å². The van der Waals surface area contributed by atoms with E-state index in [-0.39, 0.29) is 18.7 Å². The molecule has 4 aromatic rings. The van der Waals surface area contributed by atoms with Gasteiger partial charge in [0, 0.05) is 75.3 Å². The average molecular weight is 711 g/mol. The van der Waals surface area contributed by atoms with Crippen molar-refractivity contribution in [2.45, 2.75) is 50.0 Å². The molecule has 5 fully saturated rings. The van der Waals surface area contributed by atoms with E-state index in [0.29, 0.717) is 28.3 Å². The summed E-state index contributed by atoms with van der Waals surface area (Å²) in [6.07, 6.45) is 8.09. The summed E-state index contributed by atoms with van der Waals surface area (Å²) in [4.78, 5) is 67.6. The summed E-state index contributed by atoms with van der Waals surface area (Å²) in [6.45, 7) is 6.17. The molecular formula is C39H38N10O4. The molecule has 2 aromatic carbocycles. The van der Waals surface area contributed by atoms with E-state index in [1.807, 2.05) is 23.0 Å². The number of aromatic nitrogens is 4. The third-order valence-electron chi connectivity index (χ3n) is 12.5. The third-order valence-corrected chi connectivity index (χ3v) is 12.5. The van der Waals surface area contributed by atoms with Gasteiger partial charge in [0.2, 0.25) is 11.8 Å². The van der Waals surface area contributed by atoms with Gasteiger partial charge >= 0.3 is 0 Å². The Morgan fingerprint density at radius 3 is 2.40 bits per heavy atom. The fourth-order valence-corrected chi connectivity index (χ4v) is 9.31. The van der Waals surface area contributed by atoms with Gasteiger partial charge in [-0.3, -0.25) is 34.3 Å². The van der Waals surface area contributed by atoms with Gasteiger partial charge in [-0.1, -0.05) is 12.1 Å². The zero-order chi connectivity index (χ0) is 36.1. The number of piperazine rings is 1. The molecule has 1 unspecified atom stereocenters. The Morgan fingerprint density at radius 2 is 1.64 bits per heavy atom. The van der Waals surface area contributed by atoms with E-state index in [2.05, 4.69) is 59.4 Å². The predicted molar refractivity (Wildman–Crippen MR) is 192 cm³/mol. The molecule has 1 spiro atoms. The lowest BCUT2D eigenvalue weighted by Crippen LogP contribution is -2.55. The van der Waals surface area contributed by atoms with E-state index in [1.165, 1.54) is 12.8 Å². The minimum atomic E-state index is -0.968. The third kappa shape index (κ3) is 5.20. The van der Waals surface area contributed by atoms with E-state index >= 15 is 0 Å². The number of amides is 4. The van der Waals surface area contributed by atoms with Crippen molar-refractivity contribution in [2.24, 2.45) is 11.3 Å². The van der Waals surface area contributed by atoms with E-state index in [0.717, 1.165) is 91.5 Å². The first-order valence-corrected chi connectivity index (χ1v) is 18.5. The highest BCUT2D eigenvalue weighted by molar-refractivity contribution is 6.23. The molecule has 0 radical (unpaired) electrons. The van der Waals surface area contributed by atoms with Crippen LogP contribution in [0.5, 0.6) is 0 Å². The highest BCUT2D eigenvalue weighted by Crippen LogP contribution is 2.68. The highest BCUT2D eigenvalue weighted by Gasteiger charge is 2.62. The molecule has 14 heteroatoms. The maximum atomic E-state index is 13.3. The summed E-state index contributed by atoms with van der Waals surface area (Å²) in [6, 6.07) is 15.3.